The summed E-state index contributed by atoms with van der Waals surface area (Å²) in [5, 5.41) is 0. The Kier molecular flexibility index (Phi) is 3.12. The van der Waals surface area contributed by atoms with Crippen LogP contribution in [0.15, 0.2) is 10.6 Å². The fourth-order valence-corrected chi connectivity index (χ4v) is 2.08. The SMILES string of the molecule is Cc1cnc(CC(=O)N2CCCC2C(N)=O)o1. The van der Waals surface area contributed by atoms with Crippen molar-refractivity contribution in [2.24, 2.45) is 5.73 Å². The summed E-state index contributed by atoms with van der Waals surface area (Å²) in [6.07, 6.45) is 3.10. The molecular formula is C11H15N3O3. The second kappa shape index (κ2) is 4.57. The molecule has 0 aliphatic carbocycles. The Morgan fingerprint density at radius 3 is 3.00 bits per heavy atom. The van der Waals surface area contributed by atoms with Crippen LogP contribution in [0.3, 0.4) is 0 Å². The number of aromatic nitrogens is 1. The van der Waals surface area contributed by atoms with Crippen LogP contribution in [0.1, 0.15) is 24.5 Å². The quantitative estimate of drug-likeness (QED) is 0.801. The van der Waals surface area contributed by atoms with E-state index in [1.54, 1.807) is 13.1 Å². The summed E-state index contributed by atoms with van der Waals surface area (Å²) in [5.74, 6) is 0.441. The van der Waals surface area contributed by atoms with E-state index in [4.69, 9.17) is 10.2 Å². The fraction of sp³-hybridized carbons (Fsp3) is 0.545. The molecular weight excluding hydrogens is 222 g/mol. The second-order valence-corrected chi connectivity index (χ2v) is 4.19. The molecule has 2 heterocycles. The molecule has 92 valence electrons. The van der Waals surface area contributed by atoms with Gasteiger partial charge >= 0.3 is 0 Å². The monoisotopic (exact) mass is 237 g/mol. The number of hydrogen-bond acceptors (Lipinski definition) is 4. The minimum absolute atomic E-state index is 0.0810. The number of carbonyl (C=O) groups excluding carboxylic acids is 2. The highest BCUT2D eigenvalue weighted by Crippen LogP contribution is 2.18. The Morgan fingerprint density at radius 2 is 2.41 bits per heavy atom. The van der Waals surface area contributed by atoms with Gasteiger partial charge in [-0.25, -0.2) is 4.98 Å². The first-order valence-electron chi connectivity index (χ1n) is 5.58. The minimum Gasteiger partial charge on any atom is -0.445 e. The topological polar surface area (TPSA) is 89.4 Å². The molecule has 0 radical (unpaired) electrons. The van der Waals surface area contributed by atoms with E-state index in [1.807, 2.05) is 0 Å². The largest absolute Gasteiger partial charge is 0.445 e. The predicted octanol–water partition coefficient (Wildman–Crippen LogP) is 0.00182. The van der Waals surface area contributed by atoms with Gasteiger partial charge in [0.2, 0.25) is 17.7 Å². The van der Waals surface area contributed by atoms with Crippen LogP contribution in [0.2, 0.25) is 0 Å². The third-order valence-corrected chi connectivity index (χ3v) is 2.87. The lowest BCUT2D eigenvalue weighted by Crippen LogP contribution is -2.44. The van der Waals surface area contributed by atoms with Gasteiger partial charge in [-0.2, -0.15) is 0 Å². The van der Waals surface area contributed by atoms with Gasteiger partial charge in [0.1, 0.15) is 18.2 Å². The van der Waals surface area contributed by atoms with E-state index >= 15 is 0 Å². The summed E-state index contributed by atoms with van der Waals surface area (Å²) in [5.41, 5.74) is 5.25. The molecule has 2 N–H and O–H groups in total. The first-order chi connectivity index (χ1) is 8.08. The smallest absolute Gasteiger partial charge is 0.240 e. The third kappa shape index (κ3) is 2.46. The van der Waals surface area contributed by atoms with Crippen LogP contribution in [0.5, 0.6) is 0 Å². The summed E-state index contributed by atoms with van der Waals surface area (Å²) < 4.78 is 5.23. The van der Waals surface area contributed by atoms with Crippen molar-refractivity contribution in [2.75, 3.05) is 6.54 Å². The Balaban J connectivity index is 2.02. The molecule has 1 aliphatic heterocycles. The molecule has 1 aromatic rings. The van der Waals surface area contributed by atoms with Gasteiger partial charge < -0.3 is 15.1 Å². The van der Waals surface area contributed by atoms with Gasteiger partial charge in [0.15, 0.2) is 0 Å². The number of aryl methyl sites for hydroxylation is 1. The van der Waals surface area contributed by atoms with Gasteiger partial charge in [-0.15, -0.1) is 0 Å². The van der Waals surface area contributed by atoms with Crippen molar-refractivity contribution in [3.05, 3.63) is 17.8 Å². The number of amides is 2. The van der Waals surface area contributed by atoms with Crippen molar-refractivity contribution in [3.8, 4) is 0 Å². The van der Waals surface area contributed by atoms with E-state index in [9.17, 15) is 9.59 Å². The van der Waals surface area contributed by atoms with Gasteiger partial charge in [-0.05, 0) is 19.8 Å². The Bertz CT molecular complexity index is 441. The molecule has 1 saturated heterocycles. The summed E-state index contributed by atoms with van der Waals surface area (Å²) in [6.45, 7) is 2.34. The molecule has 1 aliphatic rings. The van der Waals surface area contributed by atoms with Gasteiger partial charge in [0.25, 0.3) is 0 Å². The average molecular weight is 237 g/mol. The second-order valence-electron chi connectivity index (χ2n) is 4.19. The molecule has 1 unspecified atom stereocenters. The lowest BCUT2D eigenvalue weighted by molar-refractivity contribution is -0.137. The summed E-state index contributed by atoms with van der Waals surface area (Å²) in [6, 6.07) is -0.474. The minimum atomic E-state index is -0.474. The number of carbonyl (C=O) groups is 2. The van der Waals surface area contributed by atoms with Crippen molar-refractivity contribution in [1.29, 1.82) is 0 Å². The van der Waals surface area contributed by atoms with Crippen LogP contribution in [-0.2, 0) is 16.0 Å². The highest BCUT2D eigenvalue weighted by atomic mass is 16.4. The van der Waals surface area contributed by atoms with Crippen LogP contribution < -0.4 is 5.73 Å². The summed E-state index contributed by atoms with van der Waals surface area (Å²) in [7, 11) is 0. The molecule has 0 aromatic carbocycles. The average Bonchev–Trinajstić information content (AvgIpc) is 2.86. The predicted molar refractivity (Wildman–Crippen MR) is 58.9 cm³/mol. The molecule has 2 rings (SSSR count). The van der Waals surface area contributed by atoms with Gasteiger partial charge in [-0.3, -0.25) is 9.59 Å². The van der Waals surface area contributed by atoms with Gasteiger partial charge in [0.05, 0.1) is 6.20 Å². The number of oxazole rings is 1. The molecule has 1 fully saturated rings. The van der Waals surface area contributed by atoms with Crippen molar-refractivity contribution in [2.45, 2.75) is 32.2 Å². The zero-order valence-corrected chi connectivity index (χ0v) is 9.68. The zero-order chi connectivity index (χ0) is 12.4. The van der Waals surface area contributed by atoms with Crippen molar-refractivity contribution >= 4 is 11.8 Å². The molecule has 2 amide bonds. The van der Waals surface area contributed by atoms with Crippen molar-refractivity contribution in [3.63, 3.8) is 0 Å². The number of hydrogen-bond donors (Lipinski definition) is 1. The maximum Gasteiger partial charge on any atom is 0.240 e. The Hall–Kier alpha value is -1.85. The number of nitrogens with zero attached hydrogens (tertiary/aromatic N) is 2. The molecule has 0 bridgehead atoms. The van der Waals surface area contributed by atoms with Crippen LogP contribution in [0, 0.1) is 6.92 Å². The maximum absolute atomic E-state index is 12.0. The Morgan fingerprint density at radius 1 is 1.65 bits per heavy atom. The zero-order valence-electron chi connectivity index (χ0n) is 9.68. The number of nitrogens with two attached hydrogens (primary N) is 1. The fourth-order valence-electron chi connectivity index (χ4n) is 2.08. The van der Waals surface area contributed by atoms with Gasteiger partial charge in [0, 0.05) is 6.54 Å². The van der Waals surface area contributed by atoms with Crippen LogP contribution in [0.25, 0.3) is 0 Å². The first-order valence-corrected chi connectivity index (χ1v) is 5.58. The number of primary amides is 1. The normalized spacial score (nSPS) is 19.6. The van der Waals surface area contributed by atoms with E-state index in [1.165, 1.54) is 4.90 Å². The first kappa shape index (κ1) is 11.6. The van der Waals surface area contributed by atoms with E-state index in [2.05, 4.69) is 4.98 Å². The van der Waals surface area contributed by atoms with Crippen molar-refractivity contribution in [1.82, 2.24) is 9.88 Å². The van der Waals surface area contributed by atoms with E-state index in [0.29, 0.717) is 24.6 Å². The van der Waals surface area contributed by atoms with Crippen LogP contribution >= 0.6 is 0 Å². The highest BCUT2D eigenvalue weighted by molar-refractivity contribution is 5.87. The van der Waals surface area contributed by atoms with Crippen LogP contribution in [0.4, 0.5) is 0 Å². The lowest BCUT2D eigenvalue weighted by Gasteiger charge is -2.21. The lowest BCUT2D eigenvalue weighted by atomic mass is 10.2. The van der Waals surface area contributed by atoms with E-state index in [0.717, 1.165) is 6.42 Å². The highest BCUT2D eigenvalue weighted by Gasteiger charge is 2.32. The molecule has 6 nitrogen and oxygen atoms in total. The molecule has 6 heteroatoms. The standard InChI is InChI=1S/C11H15N3O3/c1-7-6-13-9(17-7)5-10(15)14-4-2-3-8(14)11(12)16/h6,8H,2-5H2,1H3,(H2,12,16). The van der Waals surface area contributed by atoms with Crippen molar-refractivity contribution < 1.29 is 14.0 Å². The summed E-state index contributed by atoms with van der Waals surface area (Å²) in [4.78, 5) is 28.6. The molecule has 1 aromatic heterocycles. The molecule has 1 atom stereocenters. The van der Waals surface area contributed by atoms with E-state index in [-0.39, 0.29) is 12.3 Å². The Labute approximate surface area is 98.8 Å². The molecule has 0 saturated carbocycles. The third-order valence-electron chi connectivity index (χ3n) is 2.87. The number of likely N-dealkylation sites (tertiary alicyclic amines) is 1. The molecule has 0 spiro atoms. The van der Waals surface area contributed by atoms with Crippen LogP contribution in [-0.4, -0.2) is 34.3 Å². The summed E-state index contributed by atoms with van der Waals surface area (Å²) >= 11 is 0. The molecule has 17 heavy (non-hydrogen) atoms. The van der Waals surface area contributed by atoms with Gasteiger partial charge in [-0.1, -0.05) is 0 Å². The van der Waals surface area contributed by atoms with E-state index < -0.39 is 11.9 Å². The number of rotatable bonds is 3. The maximum atomic E-state index is 12.0.